The Balaban J connectivity index is 0. The maximum atomic E-state index is 5.28. The normalized spacial score (nSPS) is 22.4. The van der Waals surface area contributed by atoms with E-state index in [1.807, 2.05) is 0 Å². The number of hydrogen-bond acceptors (Lipinski definition) is 4. The van der Waals surface area contributed by atoms with Gasteiger partial charge in [-0.1, -0.05) is 25.0 Å². The molecule has 0 aliphatic heterocycles. The Morgan fingerprint density at radius 3 is 1.61 bits per heavy atom. The number of rotatable bonds is 8. The molecule has 18 heavy (non-hydrogen) atoms. The standard InChI is InChI=1S/C12H22N2O2.2ClH/c1-3-9-15-13-11-7-5-6-8-12(11)14-16-10-4-2;;/h3-4,11-14H,1-2,5-10H2;2*1H. The fourth-order valence-electron chi connectivity index (χ4n) is 1.84. The van der Waals surface area contributed by atoms with E-state index in [1.165, 1.54) is 12.8 Å². The molecule has 0 aromatic heterocycles. The molecule has 0 aromatic rings. The minimum Gasteiger partial charge on any atom is -0.297 e. The van der Waals surface area contributed by atoms with Gasteiger partial charge in [-0.2, -0.15) is 11.0 Å². The van der Waals surface area contributed by atoms with E-state index in [-0.39, 0.29) is 24.8 Å². The number of halogens is 2. The molecule has 6 heteroatoms. The quantitative estimate of drug-likeness (QED) is 0.411. The molecule has 2 N–H and O–H groups in total. The van der Waals surface area contributed by atoms with Crippen LogP contribution in [0.3, 0.4) is 0 Å². The van der Waals surface area contributed by atoms with E-state index in [0.717, 1.165) is 12.8 Å². The second kappa shape index (κ2) is 13.3. The van der Waals surface area contributed by atoms with Crippen molar-refractivity contribution in [2.24, 2.45) is 0 Å². The molecule has 0 spiro atoms. The molecule has 0 aromatic carbocycles. The highest BCUT2D eigenvalue weighted by Gasteiger charge is 2.25. The topological polar surface area (TPSA) is 42.5 Å². The van der Waals surface area contributed by atoms with Gasteiger partial charge in [0.2, 0.25) is 0 Å². The molecule has 0 amide bonds. The number of hydrogen-bond donors (Lipinski definition) is 2. The van der Waals surface area contributed by atoms with Crippen LogP contribution in [0.4, 0.5) is 0 Å². The van der Waals surface area contributed by atoms with Crippen LogP contribution in [0.2, 0.25) is 0 Å². The highest BCUT2D eigenvalue weighted by Crippen LogP contribution is 2.18. The van der Waals surface area contributed by atoms with Gasteiger partial charge in [0.1, 0.15) is 0 Å². The number of nitrogens with one attached hydrogen (secondary N) is 2. The zero-order valence-electron chi connectivity index (χ0n) is 10.6. The maximum Gasteiger partial charge on any atom is 0.0861 e. The molecule has 1 saturated carbocycles. The monoisotopic (exact) mass is 298 g/mol. The highest BCUT2D eigenvalue weighted by atomic mass is 35.5. The van der Waals surface area contributed by atoms with Crippen molar-refractivity contribution in [2.75, 3.05) is 13.2 Å². The van der Waals surface area contributed by atoms with E-state index < -0.39 is 0 Å². The molecular weight excluding hydrogens is 275 g/mol. The lowest BCUT2D eigenvalue weighted by molar-refractivity contribution is -0.0321. The molecule has 0 heterocycles. The van der Waals surface area contributed by atoms with Crippen molar-refractivity contribution < 1.29 is 9.68 Å². The van der Waals surface area contributed by atoms with E-state index in [4.69, 9.17) is 9.68 Å². The van der Waals surface area contributed by atoms with Crippen LogP contribution in [0.5, 0.6) is 0 Å². The zero-order chi connectivity index (χ0) is 11.6. The SMILES string of the molecule is C=CCONC1CCCCC1NOCC=C.Cl.Cl. The van der Waals surface area contributed by atoms with E-state index in [9.17, 15) is 0 Å². The lowest BCUT2D eigenvalue weighted by Crippen LogP contribution is -2.49. The van der Waals surface area contributed by atoms with Crippen molar-refractivity contribution in [2.45, 2.75) is 37.8 Å². The first-order valence-electron chi connectivity index (χ1n) is 5.85. The molecule has 2 atom stereocenters. The summed E-state index contributed by atoms with van der Waals surface area (Å²) in [6.07, 6.45) is 8.13. The zero-order valence-corrected chi connectivity index (χ0v) is 12.2. The predicted molar refractivity (Wildman–Crippen MR) is 79.1 cm³/mol. The molecular formula is C12H24Cl2N2O2. The minimum atomic E-state index is 0. The molecule has 1 aliphatic rings. The molecule has 108 valence electrons. The Morgan fingerprint density at radius 2 is 1.28 bits per heavy atom. The first-order valence-corrected chi connectivity index (χ1v) is 5.85. The molecule has 0 bridgehead atoms. The largest absolute Gasteiger partial charge is 0.297 e. The first kappa shape index (κ1) is 20.2. The molecule has 1 fully saturated rings. The van der Waals surface area contributed by atoms with Crippen molar-refractivity contribution >= 4 is 24.8 Å². The summed E-state index contributed by atoms with van der Waals surface area (Å²) in [5.41, 5.74) is 6.12. The molecule has 0 radical (unpaired) electrons. The predicted octanol–water partition coefficient (Wildman–Crippen LogP) is 2.56. The summed E-state index contributed by atoms with van der Waals surface area (Å²) in [5.74, 6) is 0. The Hall–Kier alpha value is -0.100. The van der Waals surface area contributed by atoms with E-state index in [1.54, 1.807) is 12.2 Å². The third kappa shape index (κ3) is 8.08. The molecule has 4 nitrogen and oxygen atoms in total. The average molecular weight is 299 g/mol. The summed E-state index contributed by atoms with van der Waals surface area (Å²) in [6.45, 7) is 8.26. The van der Waals surface area contributed by atoms with Crippen molar-refractivity contribution in [3.05, 3.63) is 25.3 Å². The van der Waals surface area contributed by atoms with Gasteiger partial charge in [0, 0.05) is 12.1 Å². The molecule has 0 saturated heterocycles. The minimum absolute atomic E-state index is 0. The fraction of sp³-hybridized carbons (Fsp3) is 0.667. The molecule has 1 rings (SSSR count). The number of hydroxylamine groups is 2. The highest BCUT2D eigenvalue weighted by molar-refractivity contribution is 5.85. The molecule has 2 unspecified atom stereocenters. The van der Waals surface area contributed by atoms with Crippen LogP contribution in [0, 0.1) is 0 Å². The van der Waals surface area contributed by atoms with Gasteiger partial charge in [-0.15, -0.1) is 38.0 Å². The van der Waals surface area contributed by atoms with Gasteiger partial charge >= 0.3 is 0 Å². The Labute approximate surface area is 122 Å². The third-order valence-electron chi connectivity index (χ3n) is 2.64. The van der Waals surface area contributed by atoms with Gasteiger partial charge < -0.3 is 0 Å². The van der Waals surface area contributed by atoms with Crippen LogP contribution in [0.15, 0.2) is 25.3 Å². The van der Waals surface area contributed by atoms with E-state index in [2.05, 4.69) is 24.1 Å². The maximum absolute atomic E-state index is 5.28. The lowest BCUT2D eigenvalue weighted by atomic mass is 9.91. The van der Waals surface area contributed by atoms with Crippen LogP contribution in [0.25, 0.3) is 0 Å². The summed E-state index contributed by atoms with van der Waals surface area (Å²) in [7, 11) is 0. The van der Waals surface area contributed by atoms with Gasteiger partial charge in [0.15, 0.2) is 0 Å². The Morgan fingerprint density at radius 1 is 0.889 bits per heavy atom. The Bertz CT molecular complexity index is 196. The van der Waals surface area contributed by atoms with Gasteiger partial charge in [-0.25, -0.2) is 0 Å². The van der Waals surface area contributed by atoms with Gasteiger partial charge in [0.25, 0.3) is 0 Å². The van der Waals surface area contributed by atoms with Crippen LogP contribution < -0.4 is 11.0 Å². The second-order valence-electron chi connectivity index (χ2n) is 3.93. The van der Waals surface area contributed by atoms with Crippen LogP contribution in [0.1, 0.15) is 25.7 Å². The van der Waals surface area contributed by atoms with Crippen LogP contribution >= 0.6 is 24.8 Å². The summed E-state index contributed by atoms with van der Waals surface area (Å²) in [6, 6.07) is 0.608. The Kier molecular flexibility index (Phi) is 15.0. The van der Waals surface area contributed by atoms with E-state index >= 15 is 0 Å². The summed E-state index contributed by atoms with van der Waals surface area (Å²) in [5, 5.41) is 0. The second-order valence-corrected chi connectivity index (χ2v) is 3.93. The van der Waals surface area contributed by atoms with Gasteiger partial charge in [0.05, 0.1) is 13.2 Å². The third-order valence-corrected chi connectivity index (χ3v) is 2.64. The average Bonchev–Trinajstić information content (AvgIpc) is 2.32. The smallest absolute Gasteiger partial charge is 0.0861 e. The first-order chi connectivity index (χ1) is 7.88. The fourth-order valence-corrected chi connectivity index (χ4v) is 1.84. The van der Waals surface area contributed by atoms with Gasteiger partial charge in [-0.05, 0) is 12.8 Å². The van der Waals surface area contributed by atoms with Crippen molar-refractivity contribution in [3.8, 4) is 0 Å². The summed E-state index contributed by atoms with van der Waals surface area (Å²) < 4.78 is 0. The van der Waals surface area contributed by atoms with Crippen molar-refractivity contribution in [3.63, 3.8) is 0 Å². The van der Waals surface area contributed by atoms with E-state index in [0.29, 0.717) is 25.3 Å². The van der Waals surface area contributed by atoms with Gasteiger partial charge in [-0.3, -0.25) is 9.68 Å². The van der Waals surface area contributed by atoms with Crippen molar-refractivity contribution in [1.29, 1.82) is 0 Å². The summed E-state index contributed by atoms with van der Waals surface area (Å²) in [4.78, 5) is 10.6. The summed E-state index contributed by atoms with van der Waals surface area (Å²) >= 11 is 0. The lowest BCUT2D eigenvalue weighted by Gasteiger charge is -2.31. The van der Waals surface area contributed by atoms with Crippen molar-refractivity contribution in [1.82, 2.24) is 11.0 Å². The van der Waals surface area contributed by atoms with Crippen LogP contribution in [-0.4, -0.2) is 25.3 Å². The molecule has 1 aliphatic carbocycles. The van der Waals surface area contributed by atoms with Crippen LogP contribution in [-0.2, 0) is 9.68 Å².